The third-order valence-corrected chi connectivity index (χ3v) is 5.31. The maximum Gasteiger partial charge on any atom is 0.363 e. The molecule has 35 heavy (non-hydrogen) atoms. The van der Waals surface area contributed by atoms with Crippen LogP contribution in [-0.2, 0) is 16.1 Å². The molecule has 4 rings (SSSR count). The highest BCUT2D eigenvalue weighted by Gasteiger charge is 2.25. The lowest BCUT2D eigenvalue weighted by molar-refractivity contribution is -0.384. The van der Waals surface area contributed by atoms with E-state index < -0.39 is 10.9 Å². The number of non-ortho nitro benzene ring substituents is 1. The average molecular weight is 493 g/mol. The molecule has 1 aliphatic heterocycles. The monoisotopic (exact) mass is 492 g/mol. The zero-order valence-corrected chi connectivity index (χ0v) is 19.7. The number of cyclic esters (lactones) is 1. The van der Waals surface area contributed by atoms with Gasteiger partial charge < -0.3 is 14.2 Å². The summed E-state index contributed by atoms with van der Waals surface area (Å²) in [7, 11) is 0. The van der Waals surface area contributed by atoms with Gasteiger partial charge in [-0.1, -0.05) is 47.5 Å². The van der Waals surface area contributed by atoms with Crippen molar-refractivity contribution < 1.29 is 23.9 Å². The molecule has 0 fully saturated rings. The first-order chi connectivity index (χ1) is 16.8. The number of halogens is 1. The topological polar surface area (TPSA) is 100 Å². The average Bonchev–Trinajstić information content (AvgIpc) is 3.19. The Kier molecular flexibility index (Phi) is 7.12. The van der Waals surface area contributed by atoms with E-state index in [9.17, 15) is 14.9 Å². The molecule has 9 heteroatoms. The number of rotatable bonds is 8. The molecule has 0 unspecified atom stereocenters. The highest BCUT2D eigenvalue weighted by molar-refractivity contribution is 6.32. The van der Waals surface area contributed by atoms with Crippen molar-refractivity contribution >= 4 is 35.2 Å². The van der Waals surface area contributed by atoms with E-state index in [0.29, 0.717) is 40.9 Å². The Morgan fingerprint density at radius 1 is 1.11 bits per heavy atom. The summed E-state index contributed by atoms with van der Waals surface area (Å²) in [6, 6.07) is 17.0. The van der Waals surface area contributed by atoms with Gasteiger partial charge in [-0.15, -0.1) is 0 Å². The molecule has 0 atom stereocenters. The molecular formula is C26H21ClN2O6. The van der Waals surface area contributed by atoms with Gasteiger partial charge in [0, 0.05) is 17.7 Å². The predicted molar refractivity (Wildman–Crippen MR) is 132 cm³/mol. The molecule has 178 valence electrons. The molecule has 0 radical (unpaired) electrons. The van der Waals surface area contributed by atoms with Gasteiger partial charge in [0.05, 0.1) is 16.6 Å². The summed E-state index contributed by atoms with van der Waals surface area (Å²) in [6.07, 6.45) is 1.51. The first-order valence-corrected chi connectivity index (χ1v) is 11.1. The Bertz CT molecular complexity index is 1370. The van der Waals surface area contributed by atoms with Crippen LogP contribution in [-0.4, -0.2) is 23.4 Å². The first-order valence-electron chi connectivity index (χ1n) is 10.8. The number of hydrogen-bond acceptors (Lipinski definition) is 7. The summed E-state index contributed by atoms with van der Waals surface area (Å²) in [6.45, 7) is 4.54. The molecular weight excluding hydrogens is 472 g/mol. The van der Waals surface area contributed by atoms with E-state index in [-0.39, 0.29) is 17.3 Å². The maximum atomic E-state index is 12.4. The fraction of sp³-hybridized carbons (Fsp3) is 0.154. The van der Waals surface area contributed by atoms with Crippen molar-refractivity contribution in [1.82, 2.24) is 0 Å². The van der Waals surface area contributed by atoms with Crippen molar-refractivity contribution in [3.8, 4) is 11.5 Å². The van der Waals surface area contributed by atoms with Crippen molar-refractivity contribution in [2.75, 3.05) is 6.61 Å². The number of carbonyl (C=O) groups is 1. The minimum atomic E-state index is -0.680. The molecule has 0 saturated carbocycles. The van der Waals surface area contributed by atoms with E-state index in [0.717, 1.165) is 11.1 Å². The number of aryl methyl sites for hydroxylation is 1. The zero-order valence-electron chi connectivity index (χ0n) is 19.0. The minimum absolute atomic E-state index is 0.0146. The van der Waals surface area contributed by atoms with Gasteiger partial charge in [-0.2, -0.15) is 0 Å². The molecule has 1 aliphatic rings. The standard InChI is InChI=1S/C26H21ClN2O6/c1-3-33-23-13-18(11-21(27)24(23)34-15-17-7-4-6-16(2)10-17)12-22-26(30)35-25(28-22)19-8-5-9-20(14-19)29(31)32/h4-14H,3,15H2,1-2H3. The van der Waals surface area contributed by atoms with Crippen LogP contribution in [0.5, 0.6) is 11.5 Å². The lowest BCUT2D eigenvalue weighted by Crippen LogP contribution is -2.05. The van der Waals surface area contributed by atoms with Gasteiger partial charge >= 0.3 is 5.97 Å². The Morgan fingerprint density at radius 2 is 1.91 bits per heavy atom. The number of nitrogens with zero attached hydrogens (tertiary/aromatic N) is 2. The smallest absolute Gasteiger partial charge is 0.363 e. The fourth-order valence-corrected chi connectivity index (χ4v) is 3.75. The highest BCUT2D eigenvalue weighted by atomic mass is 35.5. The quantitative estimate of drug-likeness (QED) is 0.168. The molecule has 3 aromatic rings. The third kappa shape index (κ3) is 5.67. The van der Waals surface area contributed by atoms with Gasteiger partial charge in [0.25, 0.3) is 5.69 Å². The Morgan fingerprint density at radius 3 is 2.66 bits per heavy atom. The summed E-state index contributed by atoms with van der Waals surface area (Å²) in [5.41, 5.74) is 2.89. The number of esters is 1. The van der Waals surface area contributed by atoms with Crippen LogP contribution in [0.25, 0.3) is 6.08 Å². The van der Waals surface area contributed by atoms with Crippen LogP contribution in [0.1, 0.15) is 29.2 Å². The van der Waals surface area contributed by atoms with Crippen LogP contribution in [0, 0.1) is 17.0 Å². The largest absolute Gasteiger partial charge is 0.490 e. The van der Waals surface area contributed by atoms with Crippen LogP contribution in [0.3, 0.4) is 0 Å². The van der Waals surface area contributed by atoms with Crippen LogP contribution < -0.4 is 9.47 Å². The normalized spacial score (nSPS) is 14.0. The number of ether oxygens (including phenoxy) is 3. The number of benzene rings is 3. The minimum Gasteiger partial charge on any atom is -0.490 e. The molecule has 8 nitrogen and oxygen atoms in total. The second-order valence-electron chi connectivity index (χ2n) is 7.68. The molecule has 0 aromatic heterocycles. The second-order valence-corrected chi connectivity index (χ2v) is 8.09. The van der Waals surface area contributed by atoms with Crippen molar-refractivity contribution in [3.63, 3.8) is 0 Å². The highest BCUT2D eigenvalue weighted by Crippen LogP contribution is 2.38. The summed E-state index contributed by atoms with van der Waals surface area (Å²) in [4.78, 5) is 27.1. The summed E-state index contributed by atoms with van der Waals surface area (Å²) >= 11 is 6.51. The van der Waals surface area contributed by atoms with Crippen LogP contribution in [0.4, 0.5) is 5.69 Å². The maximum absolute atomic E-state index is 12.4. The van der Waals surface area contributed by atoms with Gasteiger partial charge in [0.1, 0.15) is 6.61 Å². The molecule has 0 bridgehead atoms. The van der Waals surface area contributed by atoms with E-state index >= 15 is 0 Å². The van der Waals surface area contributed by atoms with Crippen molar-refractivity contribution in [3.05, 3.63) is 104 Å². The molecule has 0 N–H and O–H groups in total. The Hall–Kier alpha value is -4.17. The van der Waals surface area contributed by atoms with Crippen LogP contribution >= 0.6 is 11.6 Å². The predicted octanol–water partition coefficient (Wildman–Crippen LogP) is 5.88. The van der Waals surface area contributed by atoms with Gasteiger partial charge in [-0.3, -0.25) is 10.1 Å². The number of hydrogen-bond donors (Lipinski definition) is 0. The van der Waals surface area contributed by atoms with E-state index in [1.54, 1.807) is 18.2 Å². The first kappa shape index (κ1) is 24.0. The number of nitro groups is 1. The number of nitro benzene ring substituents is 1. The third-order valence-electron chi connectivity index (χ3n) is 5.03. The van der Waals surface area contributed by atoms with E-state index in [2.05, 4.69) is 4.99 Å². The summed E-state index contributed by atoms with van der Waals surface area (Å²) in [5, 5.41) is 11.3. The van der Waals surface area contributed by atoms with Crippen LogP contribution in [0.2, 0.25) is 5.02 Å². The zero-order chi connectivity index (χ0) is 24.9. The second kappa shape index (κ2) is 10.4. The molecule has 3 aromatic carbocycles. The molecule has 0 aliphatic carbocycles. The number of carbonyl (C=O) groups excluding carboxylic acids is 1. The Balaban J connectivity index is 1.62. The van der Waals surface area contributed by atoms with Crippen molar-refractivity contribution in [2.45, 2.75) is 20.5 Å². The van der Waals surface area contributed by atoms with Gasteiger partial charge in [0.15, 0.2) is 17.2 Å². The van der Waals surface area contributed by atoms with Gasteiger partial charge in [-0.25, -0.2) is 9.79 Å². The summed E-state index contributed by atoms with van der Waals surface area (Å²) < 4.78 is 16.9. The van der Waals surface area contributed by atoms with E-state index in [1.165, 1.54) is 24.3 Å². The Labute approximate surface area is 206 Å². The van der Waals surface area contributed by atoms with E-state index in [1.807, 2.05) is 38.1 Å². The van der Waals surface area contributed by atoms with Gasteiger partial charge in [0.2, 0.25) is 5.90 Å². The fourth-order valence-electron chi connectivity index (χ4n) is 3.47. The summed E-state index contributed by atoms with van der Waals surface area (Å²) in [5.74, 6) is 0.125. The van der Waals surface area contributed by atoms with E-state index in [4.69, 9.17) is 25.8 Å². The van der Waals surface area contributed by atoms with Crippen molar-refractivity contribution in [2.24, 2.45) is 4.99 Å². The SMILES string of the molecule is CCOc1cc(C=C2N=C(c3cccc([N+](=O)[O-])c3)OC2=O)cc(Cl)c1OCc1cccc(C)c1. The lowest BCUT2D eigenvalue weighted by atomic mass is 10.1. The van der Waals surface area contributed by atoms with Crippen molar-refractivity contribution in [1.29, 1.82) is 0 Å². The number of aliphatic imine (C=N–C) groups is 1. The van der Waals surface area contributed by atoms with Gasteiger partial charge in [-0.05, 0) is 49.2 Å². The molecule has 0 saturated heterocycles. The molecule has 0 amide bonds. The lowest BCUT2D eigenvalue weighted by Gasteiger charge is -2.15. The molecule has 0 spiro atoms. The van der Waals surface area contributed by atoms with Crippen LogP contribution in [0.15, 0.2) is 71.4 Å². The molecule has 1 heterocycles.